The Kier molecular flexibility index (Phi) is 7.00. The van der Waals surface area contributed by atoms with Gasteiger partial charge >= 0.3 is 0 Å². The summed E-state index contributed by atoms with van der Waals surface area (Å²) in [6.07, 6.45) is 15.2. The summed E-state index contributed by atoms with van der Waals surface area (Å²) < 4.78 is 14.3. The molecule has 216 valence electrons. The molecule has 1 N–H and O–H groups in total. The number of piperidine rings is 2. The van der Waals surface area contributed by atoms with Crippen LogP contribution in [0.15, 0.2) is 40.5 Å². The topological polar surface area (TPSA) is 78.7 Å². The Morgan fingerprint density at radius 3 is 2.27 bits per heavy atom. The summed E-state index contributed by atoms with van der Waals surface area (Å²) >= 11 is 0. The first-order valence-electron chi connectivity index (χ1n) is 15.8. The maximum absolute atomic E-state index is 14.2. The van der Waals surface area contributed by atoms with Crippen LogP contribution in [0.25, 0.3) is 11.0 Å². The molecule has 1 aromatic carbocycles. The molecule has 2 saturated heterocycles. The van der Waals surface area contributed by atoms with Gasteiger partial charge in [-0.3, -0.25) is 14.3 Å². The van der Waals surface area contributed by atoms with Crippen molar-refractivity contribution in [3.8, 4) is 0 Å². The highest BCUT2D eigenvalue weighted by atomic mass is 31.2. The van der Waals surface area contributed by atoms with Gasteiger partial charge in [-0.1, -0.05) is 31.6 Å². The standard InChI is InChI=1S/C32H45N4O3P/c1-21-14-22-16-23(15-21)18-26(17-22)35-24-6-5-7-25(35)20-27(19-24)36-30-9-4-3-8-29(30)33-31(32(36)37)34-12-10-28(11-13-34)40(2,38)39/h3-4,8-10,21-27H,5-7,11-20H2,1-2H3,(H,38,39)/t21-,22-,23+,24-,25+,26+,27+. The summed E-state index contributed by atoms with van der Waals surface area (Å²) in [7, 11) is -3.25. The number of hydrogen-bond acceptors (Lipinski definition) is 5. The highest BCUT2D eigenvalue weighted by molar-refractivity contribution is 7.61. The number of aromatic nitrogens is 2. The van der Waals surface area contributed by atoms with E-state index in [0.717, 1.165) is 47.7 Å². The monoisotopic (exact) mass is 564 g/mol. The van der Waals surface area contributed by atoms with E-state index in [9.17, 15) is 14.3 Å². The molecular formula is C32H45N4O3P. The molecule has 4 fully saturated rings. The number of rotatable bonds is 4. The molecule has 3 aliphatic heterocycles. The lowest BCUT2D eigenvalue weighted by Gasteiger charge is -2.55. The number of hydrogen-bond donors (Lipinski definition) is 1. The van der Waals surface area contributed by atoms with Crippen LogP contribution in [-0.2, 0) is 4.57 Å². The third-order valence-electron chi connectivity index (χ3n) is 10.9. The zero-order chi connectivity index (χ0) is 27.6. The van der Waals surface area contributed by atoms with Crippen LogP contribution in [-0.4, -0.2) is 57.2 Å². The molecule has 1 aromatic heterocycles. The van der Waals surface area contributed by atoms with Crippen molar-refractivity contribution in [1.29, 1.82) is 0 Å². The third-order valence-corrected chi connectivity index (χ3v) is 12.4. The van der Waals surface area contributed by atoms with Crippen LogP contribution in [0.2, 0.25) is 0 Å². The number of fused-ring (bicyclic) bond motifs is 5. The lowest BCUT2D eigenvalue weighted by molar-refractivity contribution is -0.0524. The fourth-order valence-electron chi connectivity index (χ4n) is 9.53. The molecule has 40 heavy (non-hydrogen) atoms. The van der Waals surface area contributed by atoms with Crippen molar-refractivity contribution in [1.82, 2.24) is 14.5 Å². The van der Waals surface area contributed by atoms with Crippen molar-refractivity contribution in [2.24, 2.45) is 17.8 Å². The van der Waals surface area contributed by atoms with Gasteiger partial charge in [-0.2, -0.15) is 0 Å². The smallest absolute Gasteiger partial charge is 0.294 e. The van der Waals surface area contributed by atoms with E-state index in [4.69, 9.17) is 4.98 Å². The molecule has 0 radical (unpaired) electrons. The Hall–Kier alpha value is -1.95. The maximum Gasteiger partial charge on any atom is 0.294 e. The first-order chi connectivity index (χ1) is 19.2. The van der Waals surface area contributed by atoms with Crippen molar-refractivity contribution in [2.75, 3.05) is 24.7 Å². The molecule has 8 heteroatoms. The average Bonchev–Trinajstić information content (AvgIpc) is 2.91. The Labute approximate surface area is 238 Å². The molecule has 8 atom stereocenters. The zero-order valence-corrected chi connectivity index (χ0v) is 25.0. The van der Waals surface area contributed by atoms with Gasteiger partial charge in [-0.25, -0.2) is 4.98 Å². The zero-order valence-electron chi connectivity index (χ0n) is 24.1. The first-order valence-corrected chi connectivity index (χ1v) is 17.9. The summed E-state index contributed by atoms with van der Waals surface area (Å²) in [4.78, 5) is 34.1. The molecule has 4 heterocycles. The lowest BCUT2D eigenvalue weighted by atomic mass is 9.65. The van der Waals surface area contributed by atoms with Crippen LogP contribution in [0.5, 0.6) is 0 Å². The van der Waals surface area contributed by atoms with E-state index in [0.29, 0.717) is 42.7 Å². The van der Waals surface area contributed by atoms with Gasteiger partial charge in [0.15, 0.2) is 5.82 Å². The van der Waals surface area contributed by atoms with E-state index in [1.807, 2.05) is 29.2 Å². The van der Waals surface area contributed by atoms with Crippen molar-refractivity contribution >= 4 is 24.2 Å². The first kappa shape index (κ1) is 26.9. The van der Waals surface area contributed by atoms with Gasteiger partial charge in [0.1, 0.15) is 0 Å². The van der Waals surface area contributed by atoms with E-state index < -0.39 is 7.37 Å². The third kappa shape index (κ3) is 4.90. The fraction of sp³-hybridized carbons (Fsp3) is 0.688. The predicted octanol–water partition coefficient (Wildman–Crippen LogP) is 6.16. The number of nitrogens with zero attached hydrogens (tertiary/aromatic N) is 4. The van der Waals surface area contributed by atoms with Crippen LogP contribution < -0.4 is 10.5 Å². The van der Waals surface area contributed by atoms with E-state index in [-0.39, 0.29) is 11.6 Å². The van der Waals surface area contributed by atoms with Gasteiger partial charge in [0.25, 0.3) is 5.56 Å². The Morgan fingerprint density at radius 2 is 1.62 bits per heavy atom. The molecule has 2 saturated carbocycles. The van der Waals surface area contributed by atoms with Gasteiger partial charge in [0, 0.05) is 49.2 Å². The second kappa shape index (κ2) is 10.4. The number of para-hydroxylation sites is 2. The van der Waals surface area contributed by atoms with Crippen LogP contribution in [0, 0.1) is 17.8 Å². The average molecular weight is 565 g/mol. The minimum Gasteiger partial charge on any atom is -0.348 e. The SMILES string of the molecule is C[C@@H]1C[C@@H]2C[C@H](C1)C[C@@H](N1[C@@H]3CCC[C@H]1C[C@@H](n1c(=O)c(N4CC=C(P(C)(=O)O)CC4)nc4ccccc41)C3)C2. The molecule has 7 nitrogen and oxygen atoms in total. The number of benzene rings is 1. The van der Waals surface area contributed by atoms with Crippen molar-refractivity contribution in [2.45, 2.75) is 102 Å². The second-order valence-electron chi connectivity index (χ2n) is 13.9. The van der Waals surface area contributed by atoms with Gasteiger partial charge in [0.05, 0.1) is 11.0 Å². The minimum atomic E-state index is -3.25. The summed E-state index contributed by atoms with van der Waals surface area (Å²) in [6, 6.07) is 10.1. The Morgan fingerprint density at radius 1 is 0.925 bits per heavy atom. The van der Waals surface area contributed by atoms with Gasteiger partial charge in [-0.05, 0) is 94.1 Å². The predicted molar refractivity (Wildman–Crippen MR) is 161 cm³/mol. The molecule has 1 unspecified atom stereocenters. The summed E-state index contributed by atoms with van der Waals surface area (Å²) in [5, 5.41) is 0.603. The fourth-order valence-corrected chi connectivity index (χ4v) is 10.5. The summed E-state index contributed by atoms with van der Waals surface area (Å²) in [6.45, 7) is 4.84. The molecule has 0 amide bonds. The van der Waals surface area contributed by atoms with Crippen LogP contribution >= 0.6 is 7.37 Å². The molecule has 7 rings (SSSR count). The van der Waals surface area contributed by atoms with E-state index in [1.54, 1.807) is 0 Å². The molecule has 0 spiro atoms. The summed E-state index contributed by atoms with van der Waals surface area (Å²) in [5.74, 6) is 3.20. The second-order valence-corrected chi connectivity index (χ2v) is 16.2. The molecular weight excluding hydrogens is 519 g/mol. The normalized spacial score (nSPS) is 36.2. The largest absolute Gasteiger partial charge is 0.348 e. The Balaban J connectivity index is 1.20. The molecule has 2 aliphatic carbocycles. The van der Waals surface area contributed by atoms with Gasteiger partial charge in [-0.15, -0.1) is 0 Å². The molecule has 2 aromatic rings. The van der Waals surface area contributed by atoms with Crippen LogP contribution in [0.3, 0.4) is 0 Å². The molecule has 5 aliphatic rings. The van der Waals surface area contributed by atoms with Crippen LogP contribution in [0.4, 0.5) is 5.82 Å². The highest BCUT2D eigenvalue weighted by Crippen LogP contribution is 2.50. The van der Waals surface area contributed by atoms with Crippen molar-refractivity contribution in [3.05, 3.63) is 46.0 Å². The number of anilines is 1. The van der Waals surface area contributed by atoms with Gasteiger partial charge < -0.3 is 14.4 Å². The van der Waals surface area contributed by atoms with E-state index in [1.165, 1.54) is 58.0 Å². The van der Waals surface area contributed by atoms with E-state index >= 15 is 0 Å². The lowest BCUT2D eigenvalue weighted by Crippen LogP contribution is -2.59. The quantitative estimate of drug-likeness (QED) is 0.448. The van der Waals surface area contributed by atoms with Gasteiger partial charge in [0.2, 0.25) is 7.37 Å². The maximum atomic E-state index is 14.2. The molecule has 4 bridgehead atoms. The van der Waals surface area contributed by atoms with Crippen LogP contribution in [0.1, 0.15) is 83.6 Å². The Bertz CT molecular complexity index is 1380. The van der Waals surface area contributed by atoms with E-state index in [2.05, 4.69) is 22.5 Å². The summed E-state index contributed by atoms with van der Waals surface area (Å²) in [5.41, 5.74) is 1.80. The van der Waals surface area contributed by atoms with Crippen molar-refractivity contribution in [3.63, 3.8) is 0 Å². The highest BCUT2D eigenvalue weighted by Gasteiger charge is 2.46. The minimum absolute atomic E-state index is 0.00283. The van der Waals surface area contributed by atoms with Crippen molar-refractivity contribution < 1.29 is 9.46 Å².